The Hall–Kier alpha value is -1.01. The van der Waals surface area contributed by atoms with Gasteiger partial charge in [-0.1, -0.05) is 17.7 Å². The molecule has 0 radical (unpaired) electrons. The molecule has 5 heteroatoms. The largest absolute Gasteiger partial charge is 0.324 e. The normalized spacial score (nSPS) is 10.2. The van der Waals surface area contributed by atoms with Gasteiger partial charge in [-0.3, -0.25) is 0 Å². The Morgan fingerprint density at radius 2 is 2.35 bits per heavy atom. The van der Waals surface area contributed by atoms with Crippen molar-refractivity contribution < 1.29 is 0 Å². The first-order valence-corrected chi connectivity index (χ1v) is 6.50. The van der Waals surface area contributed by atoms with E-state index in [2.05, 4.69) is 39.5 Å². The van der Waals surface area contributed by atoms with Gasteiger partial charge in [0.15, 0.2) is 0 Å². The fraction of sp³-hybridized carbons (Fsp3) is 0.0833. The van der Waals surface area contributed by atoms with Gasteiger partial charge in [0, 0.05) is 22.5 Å². The minimum Gasteiger partial charge on any atom is -0.324 e. The highest BCUT2D eigenvalue weighted by molar-refractivity contribution is 14.1. The van der Waals surface area contributed by atoms with Crippen LogP contribution < -0.4 is 5.32 Å². The van der Waals surface area contributed by atoms with Crippen LogP contribution in [0.15, 0.2) is 43.2 Å². The van der Waals surface area contributed by atoms with Crippen molar-refractivity contribution in [3.63, 3.8) is 0 Å². The number of aromatic nitrogens is 2. The summed E-state index contributed by atoms with van der Waals surface area (Å²) < 4.78 is 3.06. The third kappa shape index (κ3) is 3.01. The molecule has 88 valence electrons. The number of hydrogen-bond acceptors (Lipinski definition) is 2. The quantitative estimate of drug-likeness (QED) is 0.659. The van der Waals surface area contributed by atoms with E-state index < -0.39 is 0 Å². The van der Waals surface area contributed by atoms with Crippen LogP contribution in [0.3, 0.4) is 0 Å². The number of halogens is 2. The first-order chi connectivity index (χ1) is 8.20. The van der Waals surface area contributed by atoms with Crippen molar-refractivity contribution in [1.82, 2.24) is 9.55 Å². The number of hydrogen-bond donors (Lipinski definition) is 1. The van der Waals surface area contributed by atoms with Crippen LogP contribution in [-0.2, 0) is 6.54 Å². The molecule has 3 nitrogen and oxygen atoms in total. The Morgan fingerprint density at radius 3 is 3.06 bits per heavy atom. The fourth-order valence-electron chi connectivity index (χ4n) is 1.43. The van der Waals surface area contributed by atoms with Gasteiger partial charge in [0.05, 0.1) is 10.7 Å². The number of nitrogens with one attached hydrogen (secondary N) is 1. The predicted octanol–water partition coefficient (Wildman–Crippen LogP) is 4.07. The molecule has 0 bridgehead atoms. The van der Waals surface area contributed by atoms with Gasteiger partial charge in [-0.2, -0.15) is 0 Å². The van der Waals surface area contributed by atoms with Crippen molar-refractivity contribution in [3.8, 4) is 0 Å². The summed E-state index contributed by atoms with van der Waals surface area (Å²) in [4.78, 5) is 4.24. The maximum atomic E-state index is 6.15. The van der Waals surface area contributed by atoms with Crippen molar-refractivity contribution in [3.05, 3.63) is 51.8 Å². The van der Waals surface area contributed by atoms with Crippen molar-refractivity contribution in [1.29, 1.82) is 0 Å². The molecular formula is C12H11ClIN3. The molecular weight excluding hydrogens is 349 g/mol. The molecule has 0 fully saturated rings. The second kappa shape index (κ2) is 5.55. The van der Waals surface area contributed by atoms with E-state index in [1.54, 1.807) is 6.20 Å². The topological polar surface area (TPSA) is 29.9 Å². The maximum absolute atomic E-state index is 6.15. The zero-order valence-corrected chi connectivity index (χ0v) is 11.9. The highest BCUT2D eigenvalue weighted by Gasteiger charge is 2.05. The zero-order valence-electron chi connectivity index (χ0n) is 9.03. The minimum absolute atomic E-state index is 0.685. The van der Waals surface area contributed by atoms with Crippen LogP contribution in [0.25, 0.3) is 0 Å². The van der Waals surface area contributed by atoms with E-state index in [9.17, 15) is 0 Å². The van der Waals surface area contributed by atoms with Crippen molar-refractivity contribution in [2.45, 2.75) is 6.54 Å². The van der Waals surface area contributed by atoms with Crippen LogP contribution in [0, 0.1) is 3.57 Å². The van der Waals surface area contributed by atoms with Gasteiger partial charge >= 0.3 is 0 Å². The summed E-state index contributed by atoms with van der Waals surface area (Å²) in [7, 11) is 0. The Balaban J connectivity index is 2.25. The zero-order chi connectivity index (χ0) is 12.3. The van der Waals surface area contributed by atoms with Gasteiger partial charge in [0.25, 0.3) is 0 Å². The van der Waals surface area contributed by atoms with Crippen LogP contribution in [-0.4, -0.2) is 9.55 Å². The fourth-order valence-corrected chi connectivity index (χ4v) is 2.33. The second-order valence-electron chi connectivity index (χ2n) is 3.44. The van der Waals surface area contributed by atoms with Gasteiger partial charge in [0.1, 0.15) is 0 Å². The van der Waals surface area contributed by atoms with Gasteiger partial charge in [-0.15, -0.1) is 6.58 Å². The number of allylic oxidation sites excluding steroid dienone is 1. The summed E-state index contributed by atoms with van der Waals surface area (Å²) in [6.45, 7) is 4.42. The Morgan fingerprint density at radius 1 is 1.53 bits per heavy atom. The van der Waals surface area contributed by atoms with Crippen molar-refractivity contribution in [2.75, 3.05) is 5.32 Å². The van der Waals surface area contributed by atoms with Crippen LogP contribution in [0.2, 0.25) is 5.02 Å². The van der Waals surface area contributed by atoms with Crippen LogP contribution in [0.1, 0.15) is 0 Å². The minimum atomic E-state index is 0.685. The van der Waals surface area contributed by atoms with Crippen LogP contribution >= 0.6 is 34.2 Å². The smallest absolute Gasteiger partial charge is 0.207 e. The van der Waals surface area contributed by atoms with Crippen LogP contribution in [0.5, 0.6) is 0 Å². The molecule has 1 heterocycles. The molecule has 0 atom stereocenters. The molecule has 0 aliphatic heterocycles. The SMILES string of the molecule is C=CCn1ccnc1Nc1ccc(I)cc1Cl. The maximum Gasteiger partial charge on any atom is 0.207 e. The lowest BCUT2D eigenvalue weighted by molar-refractivity contribution is 0.833. The molecule has 1 N–H and O–H groups in total. The van der Waals surface area contributed by atoms with Gasteiger partial charge in [0.2, 0.25) is 5.95 Å². The Labute approximate surface area is 119 Å². The Kier molecular flexibility index (Phi) is 4.06. The van der Waals surface area contributed by atoms with Gasteiger partial charge < -0.3 is 9.88 Å². The monoisotopic (exact) mass is 359 g/mol. The van der Waals surface area contributed by atoms with E-state index in [0.29, 0.717) is 11.6 Å². The molecule has 1 aromatic heterocycles. The highest BCUT2D eigenvalue weighted by atomic mass is 127. The molecule has 0 amide bonds. The van der Waals surface area contributed by atoms with Crippen molar-refractivity contribution in [2.24, 2.45) is 0 Å². The number of rotatable bonds is 4. The predicted molar refractivity (Wildman–Crippen MR) is 79.9 cm³/mol. The number of anilines is 2. The molecule has 1 aromatic carbocycles. The van der Waals surface area contributed by atoms with Gasteiger partial charge in [-0.25, -0.2) is 4.98 Å². The van der Waals surface area contributed by atoms with E-state index in [-0.39, 0.29) is 0 Å². The van der Waals surface area contributed by atoms with Crippen molar-refractivity contribution >= 4 is 45.8 Å². The average molecular weight is 360 g/mol. The van der Waals surface area contributed by atoms with E-state index in [1.807, 2.05) is 35.0 Å². The molecule has 2 rings (SSSR count). The van der Waals surface area contributed by atoms with Crippen LogP contribution in [0.4, 0.5) is 11.6 Å². The lowest BCUT2D eigenvalue weighted by Gasteiger charge is -2.09. The molecule has 0 unspecified atom stereocenters. The summed E-state index contributed by atoms with van der Waals surface area (Å²) >= 11 is 8.38. The summed E-state index contributed by atoms with van der Waals surface area (Å²) in [6.07, 6.45) is 5.46. The third-order valence-electron chi connectivity index (χ3n) is 2.22. The average Bonchev–Trinajstić information content (AvgIpc) is 2.71. The summed E-state index contributed by atoms with van der Waals surface area (Å²) in [5.41, 5.74) is 0.851. The summed E-state index contributed by atoms with van der Waals surface area (Å²) in [6, 6.07) is 5.85. The summed E-state index contributed by atoms with van der Waals surface area (Å²) in [5, 5.41) is 3.89. The van der Waals surface area contributed by atoms with E-state index in [4.69, 9.17) is 11.6 Å². The third-order valence-corrected chi connectivity index (χ3v) is 3.20. The standard InChI is InChI=1S/C12H11ClIN3/c1-2-6-17-7-5-15-12(17)16-11-4-3-9(14)8-10(11)13/h2-5,7-8H,1,6H2,(H,15,16). The molecule has 0 aliphatic carbocycles. The Bertz CT molecular complexity index is 536. The first kappa shape index (κ1) is 12.4. The number of benzene rings is 1. The molecule has 0 spiro atoms. The van der Waals surface area contributed by atoms with E-state index >= 15 is 0 Å². The molecule has 0 saturated heterocycles. The van der Waals surface area contributed by atoms with E-state index in [1.165, 1.54) is 0 Å². The molecule has 0 aliphatic rings. The number of nitrogens with zero attached hydrogens (tertiary/aromatic N) is 2. The number of imidazole rings is 1. The summed E-state index contributed by atoms with van der Waals surface area (Å²) in [5.74, 6) is 0.757. The molecule has 17 heavy (non-hydrogen) atoms. The molecule has 0 saturated carbocycles. The van der Waals surface area contributed by atoms with Gasteiger partial charge in [-0.05, 0) is 40.8 Å². The molecule has 2 aromatic rings. The lowest BCUT2D eigenvalue weighted by atomic mass is 10.3. The highest BCUT2D eigenvalue weighted by Crippen LogP contribution is 2.26. The second-order valence-corrected chi connectivity index (χ2v) is 5.09. The van der Waals surface area contributed by atoms with E-state index in [0.717, 1.165) is 15.2 Å². The lowest BCUT2D eigenvalue weighted by Crippen LogP contribution is -2.02. The first-order valence-electron chi connectivity index (χ1n) is 5.05.